The van der Waals surface area contributed by atoms with Gasteiger partial charge in [-0.1, -0.05) is 55.5 Å². The van der Waals surface area contributed by atoms with Crippen LogP contribution in [-0.4, -0.2) is 15.5 Å². The number of halogens is 2. The van der Waals surface area contributed by atoms with Crippen LogP contribution in [0.3, 0.4) is 0 Å². The molecule has 0 fully saturated rings. The minimum atomic E-state index is -0.545. The Balaban J connectivity index is 1.77. The van der Waals surface area contributed by atoms with E-state index in [-0.39, 0.29) is 5.97 Å². The second-order valence-corrected chi connectivity index (χ2v) is 8.66. The lowest BCUT2D eigenvalue weighted by Gasteiger charge is -2.20. The summed E-state index contributed by atoms with van der Waals surface area (Å²) in [6.07, 6.45) is 10.2. The quantitative estimate of drug-likeness (QED) is 0.247. The third kappa shape index (κ3) is 6.08. The van der Waals surface area contributed by atoms with E-state index in [0.717, 1.165) is 24.0 Å². The van der Waals surface area contributed by atoms with Crippen LogP contribution in [0.25, 0.3) is 0 Å². The fourth-order valence-electron chi connectivity index (χ4n) is 3.18. The maximum atomic E-state index is 13.0. The van der Waals surface area contributed by atoms with Gasteiger partial charge in [0.25, 0.3) is 0 Å². The van der Waals surface area contributed by atoms with Crippen molar-refractivity contribution in [1.82, 2.24) is 9.55 Å². The number of ether oxygens (including phenoxy) is 1. The Bertz CT molecular complexity index is 925. The summed E-state index contributed by atoms with van der Waals surface area (Å²) in [4.78, 5) is 17.7. The Morgan fingerprint density at radius 1 is 1.24 bits per heavy atom. The number of aryl methyl sites for hydroxylation is 1. The number of rotatable bonds is 10. The van der Waals surface area contributed by atoms with Crippen molar-refractivity contribution in [2.24, 2.45) is 0 Å². The van der Waals surface area contributed by atoms with E-state index in [1.807, 2.05) is 22.2 Å². The van der Waals surface area contributed by atoms with Gasteiger partial charge in [-0.2, -0.15) is 0 Å². The fraction of sp³-hybridized carbons (Fsp3) is 0.364. The van der Waals surface area contributed by atoms with Crippen LogP contribution < -0.4 is 0 Å². The van der Waals surface area contributed by atoms with Crippen LogP contribution in [0.15, 0.2) is 48.4 Å². The SMILES string of the molecule is CCCCCCc1ccsc1C(=O)OC(Cn1ccnc1)c1ccc(Cl)cc1Cl. The smallest absolute Gasteiger partial charge is 0.349 e. The molecule has 7 heteroatoms. The van der Waals surface area contributed by atoms with Crippen molar-refractivity contribution in [2.75, 3.05) is 0 Å². The number of carbonyl (C=O) groups is 1. The number of nitrogens with zero attached hydrogens (tertiary/aromatic N) is 2. The zero-order valence-corrected chi connectivity index (χ0v) is 18.6. The van der Waals surface area contributed by atoms with Crippen molar-refractivity contribution >= 4 is 40.5 Å². The number of hydrogen-bond donors (Lipinski definition) is 0. The number of imidazole rings is 1. The van der Waals surface area contributed by atoms with Crippen molar-refractivity contribution < 1.29 is 9.53 Å². The van der Waals surface area contributed by atoms with Crippen molar-refractivity contribution in [1.29, 1.82) is 0 Å². The van der Waals surface area contributed by atoms with Gasteiger partial charge in [-0.05, 0) is 42.0 Å². The van der Waals surface area contributed by atoms with Gasteiger partial charge in [-0.25, -0.2) is 9.78 Å². The molecular formula is C22H24Cl2N2O2S. The third-order valence-corrected chi connectivity index (χ3v) is 6.23. The van der Waals surface area contributed by atoms with E-state index in [9.17, 15) is 4.79 Å². The van der Waals surface area contributed by atoms with Gasteiger partial charge < -0.3 is 9.30 Å². The number of carbonyl (C=O) groups excluding carboxylic acids is 1. The van der Waals surface area contributed by atoms with Gasteiger partial charge in [0.1, 0.15) is 11.0 Å². The molecule has 1 unspecified atom stereocenters. The molecule has 2 aromatic heterocycles. The summed E-state index contributed by atoms with van der Waals surface area (Å²) >= 11 is 13.9. The van der Waals surface area contributed by atoms with Crippen molar-refractivity contribution in [3.8, 4) is 0 Å². The summed E-state index contributed by atoms with van der Waals surface area (Å²) in [7, 11) is 0. The molecule has 1 aromatic carbocycles. The fourth-order valence-corrected chi connectivity index (χ4v) is 4.55. The van der Waals surface area contributed by atoms with Crippen molar-refractivity contribution in [3.05, 3.63) is 74.4 Å². The van der Waals surface area contributed by atoms with E-state index in [1.54, 1.807) is 30.7 Å². The highest BCUT2D eigenvalue weighted by Crippen LogP contribution is 2.31. The van der Waals surface area contributed by atoms with E-state index in [1.165, 1.54) is 30.6 Å². The third-order valence-electron chi connectivity index (χ3n) is 4.73. The van der Waals surface area contributed by atoms with Crippen LogP contribution in [0.5, 0.6) is 0 Å². The molecule has 3 aromatic rings. The molecule has 2 heterocycles. The van der Waals surface area contributed by atoms with Gasteiger partial charge in [0.15, 0.2) is 0 Å². The normalized spacial score (nSPS) is 12.1. The molecule has 0 amide bonds. The molecule has 4 nitrogen and oxygen atoms in total. The lowest BCUT2D eigenvalue weighted by Crippen LogP contribution is -2.17. The van der Waals surface area contributed by atoms with E-state index in [4.69, 9.17) is 27.9 Å². The van der Waals surface area contributed by atoms with E-state index >= 15 is 0 Å². The largest absolute Gasteiger partial charge is 0.451 e. The van der Waals surface area contributed by atoms with Crippen LogP contribution in [0.1, 0.15) is 59.5 Å². The first-order chi connectivity index (χ1) is 14.1. The predicted octanol–water partition coefficient (Wildman–Crippen LogP) is 6.97. The zero-order valence-electron chi connectivity index (χ0n) is 16.3. The number of unbranched alkanes of at least 4 members (excludes halogenated alkanes) is 3. The maximum Gasteiger partial charge on any atom is 0.349 e. The summed E-state index contributed by atoms with van der Waals surface area (Å²) < 4.78 is 7.80. The summed E-state index contributed by atoms with van der Waals surface area (Å²) in [6.45, 7) is 2.61. The van der Waals surface area contributed by atoms with Crippen molar-refractivity contribution in [3.63, 3.8) is 0 Å². The Morgan fingerprint density at radius 3 is 2.83 bits per heavy atom. The molecular weight excluding hydrogens is 427 g/mol. The first-order valence-corrected chi connectivity index (χ1v) is 11.4. The number of benzene rings is 1. The molecule has 0 saturated heterocycles. The van der Waals surface area contributed by atoms with Crippen LogP contribution >= 0.6 is 34.5 Å². The molecule has 3 rings (SSSR count). The molecule has 0 N–H and O–H groups in total. The summed E-state index contributed by atoms with van der Waals surface area (Å²) in [6, 6.07) is 7.24. The minimum Gasteiger partial charge on any atom is -0.451 e. The van der Waals surface area contributed by atoms with Crippen LogP contribution in [-0.2, 0) is 17.7 Å². The number of thiophene rings is 1. The van der Waals surface area contributed by atoms with Crippen LogP contribution in [0, 0.1) is 0 Å². The van der Waals surface area contributed by atoms with E-state index < -0.39 is 6.10 Å². The molecule has 29 heavy (non-hydrogen) atoms. The molecule has 0 aliphatic carbocycles. The lowest BCUT2D eigenvalue weighted by atomic mass is 10.1. The Labute approximate surface area is 185 Å². The second-order valence-electron chi connectivity index (χ2n) is 6.90. The summed E-state index contributed by atoms with van der Waals surface area (Å²) in [5.74, 6) is -0.318. The molecule has 0 saturated carbocycles. The second kappa shape index (κ2) is 10.8. The van der Waals surface area contributed by atoms with Gasteiger partial charge >= 0.3 is 5.97 Å². The van der Waals surface area contributed by atoms with E-state index in [2.05, 4.69) is 11.9 Å². The molecule has 1 atom stereocenters. The highest BCUT2D eigenvalue weighted by molar-refractivity contribution is 7.12. The Kier molecular flexibility index (Phi) is 8.16. The zero-order chi connectivity index (χ0) is 20.6. The average Bonchev–Trinajstić information content (AvgIpc) is 3.36. The van der Waals surface area contributed by atoms with Crippen molar-refractivity contribution in [2.45, 2.75) is 51.7 Å². The summed E-state index contributed by atoms with van der Waals surface area (Å²) in [5.41, 5.74) is 1.78. The first kappa shape index (κ1) is 21.9. The monoisotopic (exact) mass is 450 g/mol. The number of aromatic nitrogens is 2. The Hall–Kier alpha value is -1.82. The highest BCUT2D eigenvalue weighted by Gasteiger charge is 2.23. The molecule has 0 bridgehead atoms. The average molecular weight is 451 g/mol. The van der Waals surface area contributed by atoms with Gasteiger partial charge in [0.2, 0.25) is 0 Å². The molecule has 0 aliphatic heterocycles. The van der Waals surface area contributed by atoms with Gasteiger partial charge in [0.05, 0.1) is 12.9 Å². The predicted molar refractivity (Wildman–Crippen MR) is 119 cm³/mol. The minimum absolute atomic E-state index is 0.318. The molecule has 0 radical (unpaired) electrons. The maximum absolute atomic E-state index is 13.0. The van der Waals surface area contributed by atoms with Gasteiger partial charge in [0, 0.05) is 28.0 Å². The lowest BCUT2D eigenvalue weighted by molar-refractivity contribution is 0.0260. The summed E-state index contributed by atoms with van der Waals surface area (Å²) in [5, 5.41) is 2.96. The molecule has 0 aliphatic rings. The van der Waals surface area contributed by atoms with Gasteiger partial charge in [-0.3, -0.25) is 0 Å². The molecule has 154 valence electrons. The van der Waals surface area contributed by atoms with Crippen LogP contribution in [0.4, 0.5) is 0 Å². The van der Waals surface area contributed by atoms with Gasteiger partial charge in [-0.15, -0.1) is 11.3 Å². The topological polar surface area (TPSA) is 44.1 Å². The molecule has 0 spiro atoms. The number of esters is 1. The van der Waals surface area contributed by atoms with E-state index in [0.29, 0.717) is 21.5 Å². The highest BCUT2D eigenvalue weighted by atomic mass is 35.5. The first-order valence-electron chi connectivity index (χ1n) is 9.76. The Morgan fingerprint density at radius 2 is 2.10 bits per heavy atom. The standard InChI is InChI=1S/C22H24Cl2N2O2S/c1-2-3-4-5-6-16-9-12-29-21(16)22(27)28-20(14-26-11-10-25-15-26)18-8-7-17(23)13-19(18)24/h7-13,15,20H,2-6,14H2,1H3. The number of hydrogen-bond acceptors (Lipinski definition) is 4. The van der Waals surface area contributed by atoms with Crippen LogP contribution in [0.2, 0.25) is 10.0 Å².